The Labute approximate surface area is 127 Å². The van der Waals surface area contributed by atoms with Gasteiger partial charge in [0.25, 0.3) is 0 Å². The van der Waals surface area contributed by atoms with Gasteiger partial charge in [0.15, 0.2) is 0 Å². The van der Waals surface area contributed by atoms with Crippen molar-refractivity contribution in [1.82, 2.24) is 10.6 Å². The van der Waals surface area contributed by atoms with Gasteiger partial charge in [0, 0.05) is 32.8 Å². The summed E-state index contributed by atoms with van der Waals surface area (Å²) in [5, 5.41) is 6.41. The number of alkyl carbamates (subject to hydrolysis) is 1. The second kappa shape index (κ2) is 8.56. The minimum absolute atomic E-state index is 0.0628. The Hall–Kier alpha value is -0.850. The zero-order valence-corrected chi connectivity index (χ0v) is 13.9. The molecule has 3 atom stereocenters. The molecule has 0 aromatic rings. The molecule has 1 amide bonds. The summed E-state index contributed by atoms with van der Waals surface area (Å²) in [5.41, 5.74) is -0.452. The van der Waals surface area contributed by atoms with Gasteiger partial charge in [-0.3, -0.25) is 0 Å². The van der Waals surface area contributed by atoms with Gasteiger partial charge in [0.1, 0.15) is 5.60 Å². The Morgan fingerprint density at radius 1 is 1.24 bits per heavy atom. The van der Waals surface area contributed by atoms with E-state index in [1.807, 2.05) is 20.8 Å². The molecule has 6 nitrogen and oxygen atoms in total. The maximum atomic E-state index is 11.7. The zero-order chi connectivity index (χ0) is 15.9. The van der Waals surface area contributed by atoms with E-state index in [1.165, 1.54) is 0 Å². The van der Waals surface area contributed by atoms with Crippen LogP contribution in [0.25, 0.3) is 0 Å². The SMILES string of the molecule is COCC(CNC1CCC(NC(=O)OC(C)(C)C)C1)OC. The fourth-order valence-electron chi connectivity index (χ4n) is 2.47. The number of methoxy groups -OCH3 is 2. The molecule has 3 unspecified atom stereocenters. The molecular weight excluding hydrogens is 272 g/mol. The molecule has 1 aliphatic carbocycles. The molecule has 0 radical (unpaired) electrons. The topological polar surface area (TPSA) is 68.8 Å². The lowest BCUT2D eigenvalue weighted by molar-refractivity contribution is 0.0274. The smallest absolute Gasteiger partial charge is 0.407 e. The highest BCUT2D eigenvalue weighted by molar-refractivity contribution is 5.68. The number of amides is 1. The van der Waals surface area contributed by atoms with Crippen molar-refractivity contribution in [2.45, 2.75) is 63.8 Å². The Morgan fingerprint density at radius 2 is 1.90 bits per heavy atom. The van der Waals surface area contributed by atoms with E-state index in [9.17, 15) is 4.79 Å². The van der Waals surface area contributed by atoms with Gasteiger partial charge in [-0.05, 0) is 40.0 Å². The summed E-state index contributed by atoms with van der Waals surface area (Å²) in [7, 11) is 3.36. The highest BCUT2D eigenvalue weighted by Crippen LogP contribution is 2.20. The molecule has 1 aliphatic rings. The Morgan fingerprint density at radius 3 is 2.48 bits per heavy atom. The predicted octanol–water partition coefficient (Wildman–Crippen LogP) is 1.68. The van der Waals surface area contributed by atoms with Crippen LogP contribution in [-0.4, -0.2) is 57.3 Å². The van der Waals surface area contributed by atoms with Crippen molar-refractivity contribution in [2.75, 3.05) is 27.4 Å². The molecule has 6 heteroatoms. The first-order chi connectivity index (χ1) is 9.84. The van der Waals surface area contributed by atoms with Crippen LogP contribution in [0.1, 0.15) is 40.0 Å². The van der Waals surface area contributed by atoms with E-state index < -0.39 is 5.60 Å². The lowest BCUT2D eigenvalue weighted by Gasteiger charge is -2.22. The molecule has 2 N–H and O–H groups in total. The molecule has 0 heterocycles. The molecule has 0 aliphatic heterocycles. The van der Waals surface area contributed by atoms with Crippen LogP contribution >= 0.6 is 0 Å². The summed E-state index contributed by atoms with van der Waals surface area (Å²) in [4.78, 5) is 11.7. The maximum absolute atomic E-state index is 11.7. The zero-order valence-electron chi connectivity index (χ0n) is 13.9. The minimum atomic E-state index is -0.452. The van der Waals surface area contributed by atoms with Gasteiger partial charge < -0.3 is 24.8 Å². The van der Waals surface area contributed by atoms with E-state index in [4.69, 9.17) is 14.2 Å². The van der Waals surface area contributed by atoms with Gasteiger partial charge in [0.05, 0.1) is 12.7 Å². The first kappa shape index (κ1) is 18.2. The number of hydrogen-bond donors (Lipinski definition) is 2. The van der Waals surface area contributed by atoms with Gasteiger partial charge in [-0.15, -0.1) is 0 Å². The summed E-state index contributed by atoms with van der Waals surface area (Å²) in [6, 6.07) is 0.584. The number of carbonyl (C=O) groups excluding carboxylic acids is 1. The van der Waals surface area contributed by atoms with Crippen LogP contribution in [-0.2, 0) is 14.2 Å². The normalized spacial score (nSPS) is 23.9. The van der Waals surface area contributed by atoms with E-state index >= 15 is 0 Å². The third kappa shape index (κ3) is 7.64. The molecule has 0 aromatic heterocycles. The van der Waals surface area contributed by atoms with Crippen molar-refractivity contribution >= 4 is 6.09 Å². The molecule has 1 saturated carbocycles. The number of carbonyl (C=O) groups is 1. The number of hydrogen-bond acceptors (Lipinski definition) is 5. The molecule has 0 spiro atoms. The predicted molar refractivity (Wildman–Crippen MR) is 81.5 cm³/mol. The molecule has 0 bridgehead atoms. The van der Waals surface area contributed by atoms with Crippen molar-refractivity contribution in [2.24, 2.45) is 0 Å². The van der Waals surface area contributed by atoms with Crippen molar-refractivity contribution in [1.29, 1.82) is 0 Å². The second-order valence-electron chi connectivity index (χ2n) is 6.57. The fraction of sp³-hybridized carbons (Fsp3) is 0.933. The van der Waals surface area contributed by atoms with Gasteiger partial charge in [-0.1, -0.05) is 0 Å². The van der Waals surface area contributed by atoms with E-state index in [0.29, 0.717) is 12.6 Å². The summed E-state index contributed by atoms with van der Waals surface area (Å²) in [6.07, 6.45) is 2.67. The Kier molecular flexibility index (Phi) is 7.42. The Bertz CT molecular complexity index is 317. The van der Waals surface area contributed by atoms with E-state index in [0.717, 1.165) is 25.8 Å². The average molecular weight is 302 g/mol. The molecular formula is C15H30N2O4. The Balaban J connectivity index is 2.24. The van der Waals surface area contributed by atoms with Gasteiger partial charge >= 0.3 is 6.09 Å². The van der Waals surface area contributed by atoms with Crippen LogP contribution < -0.4 is 10.6 Å². The van der Waals surface area contributed by atoms with Crippen molar-refractivity contribution < 1.29 is 19.0 Å². The molecule has 0 aromatic carbocycles. The molecule has 124 valence electrons. The van der Waals surface area contributed by atoms with Gasteiger partial charge in [-0.2, -0.15) is 0 Å². The van der Waals surface area contributed by atoms with Crippen LogP contribution in [0.3, 0.4) is 0 Å². The van der Waals surface area contributed by atoms with Crippen LogP contribution in [0, 0.1) is 0 Å². The molecule has 21 heavy (non-hydrogen) atoms. The minimum Gasteiger partial charge on any atom is -0.444 e. The monoisotopic (exact) mass is 302 g/mol. The van der Waals surface area contributed by atoms with Crippen molar-refractivity contribution in [3.63, 3.8) is 0 Å². The third-order valence-corrected chi connectivity index (χ3v) is 3.47. The molecule has 1 fully saturated rings. The van der Waals surface area contributed by atoms with E-state index in [1.54, 1.807) is 14.2 Å². The number of rotatable bonds is 7. The highest BCUT2D eigenvalue weighted by Gasteiger charge is 2.27. The second-order valence-corrected chi connectivity index (χ2v) is 6.57. The van der Waals surface area contributed by atoms with E-state index in [2.05, 4.69) is 10.6 Å². The summed E-state index contributed by atoms with van der Waals surface area (Å²) in [5.74, 6) is 0. The first-order valence-electron chi connectivity index (χ1n) is 7.58. The van der Waals surface area contributed by atoms with Crippen molar-refractivity contribution in [3.8, 4) is 0 Å². The highest BCUT2D eigenvalue weighted by atomic mass is 16.6. The maximum Gasteiger partial charge on any atom is 0.407 e. The lowest BCUT2D eigenvalue weighted by atomic mass is 10.2. The van der Waals surface area contributed by atoms with Crippen molar-refractivity contribution in [3.05, 3.63) is 0 Å². The van der Waals surface area contributed by atoms with Crippen LogP contribution in [0.15, 0.2) is 0 Å². The van der Waals surface area contributed by atoms with Crippen LogP contribution in [0.5, 0.6) is 0 Å². The van der Waals surface area contributed by atoms with Gasteiger partial charge in [-0.25, -0.2) is 4.79 Å². The average Bonchev–Trinajstić information content (AvgIpc) is 2.79. The molecule has 1 rings (SSSR count). The summed E-state index contributed by atoms with van der Waals surface area (Å²) < 4.78 is 15.7. The summed E-state index contributed by atoms with van der Waals surface area (Å²) in [6.45, 7) is 6.94. The third-order valence-electron chi connectivity index (χ3n) is 3.47. The standard InChI is InChI=1S/C15H30N2O4/c1-15(2,3)21-14(18)17-12-7-6-11(8-12)16-9-13(20-5)10-19-4/h11-13,16H,6-10H2,1-5H3,(H,17,18). The van der Waals surface area contributed by atoms with Gasteiger partial charge in [0.2, 0.25) is 0 Å². The van der Waals surface area contributed by atoms with Crippen LogP contribution in [0.2, 0.25) is 0 Å². The summed E-state index contributed by atoms with van der Waals surface area (Å²) >= 11 is 0. The largest absolute Gasteiger partial charge is 0.444 e. The van der Waals surface area contributed by atoms with Crippen LogP contribution in [0.4, 0.5) is 4.79 Å². The first-order valence-corrected chi connectivity index (χ1v) is 7.58. The number of nitrogens with one attached hydrogen (secondary N) is 2. The number of ether oxygens (including phenoxy) is 3. The molecule has 0 saturated heterocycles. The van der Waals surface area contributed by atoms with E-state index in [-0.39, 0.29) is 18.2 Å². The lowest BCUT2D eigenvalue weighted by Crippen LogP contribution is -2.40. The fourth-order valence-corrected chi connectivity index (χ4v) is 2.47. The quantitative estimate of drug-likeness (QED) is 0.749.